The van der Waals surface area contributed by atoms with Gasteiger partial charge < -0.3 is 32.3 Å². The molecule has 0 aliphatic carbocycles. The average molecular weight is 332 g/mol. The van der Waals surface area contributed by atoms with Crippen LogP contribution in [-0.2, 0) is 19.2 Å². The molecular weight excluding hydrogens is 308 g/mol. The minimum atomic E-state index is -1.30. The van der Waals surface area contributed by atoms with Gasteiger partial charge in [-0.15, -0.1) is 0 Å². The fraction of sp³-hybridized carbons (Fsp3) is 0.692. The maximum Gasteiger partial charge on any atom is 0.325 e. The van der Waals surface area contributed by atoms with E-state index in [-0.39, 0.29) is 6.42 Å². The van der Waals surface area contributed by atoms with Crippen molar-refractivity contribution in [1.29, 1.82) is 0 Å². The van der Waals surface area contributed by atoms with E-state index in [9.17, 15) is 19.2 Å². The Morgan fingerprint density at radius 1 is 1.04 bits per heavy atom. The van der Waals surface area contributed by atoms with Crippen LogP contribution in [0.2, 0.25) is 0 Å². The second kappa shape index (κ2) is 10.5. The zero-order chi connectivity index (χ0) is 18.0. The number of hydrogen-bond donors (Lipinski definition) is 6. The topological polar surface area (TPSA) is 185 Å². The van der Waals surface area contributed by atoms with Crippen LogP contribution in [0.1, 0.15) is 32.6 Å². The van der Waals surface area contributed by atoms with Crippen LogP contribution in [0.15, 0.2) is 0 Å². The van der Waals surface area contributed by atoms with E-state index in [0.717, 1.165) is 0 Å². The molecule has 0 bridgehead atoms. The predicted octanol–water partition coefficient (Wildman–Crippen LogP) is -2.01. The van der Waals surface area contributed by atoms with Crippen LogP contribution in [0, 0.1) is 0 Å². The number of aliphatic carboxylic acids is 2. The van der Waals surface area contributed by atoms with Gasteiger partial charge in [-0.25, -0.2) is 0 Å². The molecule has 8 N–H and O–H groups in total. The molecule has 10 heteroatoms. The van der Waals surface area contributed by atoms with Crippen LogP contribution in [0.25, 0.3) is 0 Å². The minimum Gasteiger partial charge on any atom is -0.481 e. The highest BCUT2D eigenvalue weighted by molar-refractivity contribution is 5.92. The van der Waals surface area contributed by atoms with E-state index in [2.05, 4.69) is 10.6 Å². The van der Waals surface area contributed by atoms with Gasteiger partial charge >= 0.3 is 11.9 Å². The molecule has 0 fully saturated rings. The van der Waals surface area contributed by atoms with Gasteiger partial charge in [-0.2, -0.15) is 0 Å². The highest BCUT2D eigenvalue weighted by Crippen LogP contribution is 2.03. The Balaban J connectivity index is 4.78. The molecule has 0 saturated carbocycles. The van der Waals surface area contributed by atoms with E-state index >= 15 is 0 Å². The van der Waals surface area contributed by atoms with Crippen molar-refractivity contribution in [2.24, 2.45) is 11.5 Å². The predicted molar refractivity (Wildman–Crippen MR) is 80.3 cm³/mol. The SMILES string of the molecule is C[C@H](NC(=O)[C@H](CCCCN)NC(=O)[C@@H](N)CC(=O)O)C(=O)O. The summed E-state index contributed by atoms with van der Waals surface area (Å²) in [7, 11) is 0. The van der Waals surface area contributed by atoms with Crippen molar-refractivity contribution >= 4 is 23.8 Å². The van der Waals surface area contributed by atoms with Gasteiger partial charge in [0.1, 0.15) is 12.1 Å². The monoisotopic (exact) mass is 332 g/mol. The fourth-order valence-electron chi connectivity index (χ4n) is 1.70. The van der Waals surface area contributed by atoms with Gasteiger partial charge in [0, 0.05) is 0 Å². The summed E-state index contributed by atoms with van der Waals surface area (Å²) in [6.07, 6.45) is 0.815. The summed E-state index contributed by atoms with van der Waals surface area (Å²) in [6.45, 7) is 1.70. The lowest BCUT2D eigenvalue weighted by Crippen LogP contribution is -2.54. The zero-order valence-electron chi connectivity index (χ0n) is 12.9. The first-order valence-corrected chi connectivity index (χ1v) is 7.20. The molecule has 0 spiro atoms. The third-order valence-electron chi connectivity index (χ3n) is 3.04. The zero-order valence-corrected chi connectivity index (χ0v) is 12.9. The van der Waals surface area contributed by atoms with E-state index in [1.54, 1.807) is 0 Å². The van der Waals surface area contributed by atoms with Gasteiger partial charge in [0.2, 0.25) is 11.8 Å². The van der Waals surface area contributed by atoms with E-state index in [4.69, 9.17) is 21.7 Å². The number of amides is 2. The number of carboxylic acid groups (broad SMARTS) is 2. The lowest BCUT2D eigenvalue weighted by Gasteiger charge is -2.21. The van der Waals surface area contributed by atoms with E-state index in [1.165, 1.54) is 6.92 Å². The summed E-state index contributed by atoms with van der Waals surface area (Å²) < 4.78 is 0. The minimum absolute atomic E-state index is 0.237. The van der Waals surface area contributed by atoms with Crippen LogP contribution < -0.4 is 22.1 Å². The summed E-state index contributed by atoms with van der Waals surface area (Å²) in [5.74, 6) is -3.92. The van der Waals surface area contributed by atoms with Crippen LogP contribution >= 0.6 is 0 Å². The summed E-state index contributed by atoms with van der Waals surface area (Å²) in [5, 5.41) is 22.0. The maximum atomic E-state index is 12.1. The summed E-state index contributed by atoms with van der Waals surface area (Å²) >= 11 is 0. The highest BCUT2D eigenvalue weighted by Gasteiger charge is 2.26. The van der Waals surface area contributed by atoms with Crippen LogP contribution in [0.5, 0.6) is 0 Å². The van der Waals surface area contributed by atoms with Gasteiger partial charge in [0.05, 0.1) is 12.5 Å². The maximum absolute atomic E-state index is 12.1. The number of carbonyl (C=O) groups is 4. The molecule has 0 rings (SSSR count). The van der Waals surface area contributed by atoms with Gasteiger partial charge in [0.15, 0.2) is 0 Å². The Morgan fingerprint density at radius 3 is 2.13 bits per heavy atom. The van der Waals surface area contributed by atoms with Crippen molar-refractivity contribution in [3.8, 4) is 0 Å². The Morgan fingerprint density at radius 2 is 1.65 bits per heavy atom. The molecule has 0 heterocycles. The molecule has 3 atom stereocenters. The van der Waals surface area contributed by atoms with E-state index < -0.39 is 48.3 Å². The van der Waals surface area contributed by atoms with Crippen LogP contribution in [0.4, 0.5) is 0 Å². The molecule has 2 amide bonds. The Bertz CT molecular complexity index is 442. The van der Waals surface area contributed by atoms with Gasteiger partial charge in [-0.1, -0.05) is 0 Å². The first kappa shape index (κ1) is 20.8. The highest BCUT2D eigenvalue weighted by atomic mass is 16.4. The molecule has 0 aromatic heterocycles. The van der Waals surface area contributed by atoms with Crippen LogP contribution in [0.3, 0.4) is 0 Å². The number of rotatable bonds is 11. The van der Waals surface area contributed by atoms with Crippen molar-refractivity contribution in [2.45, 2.75) is 50.7 Å². The number of unbranched alkanes of at least 4 members (excludes halogenated alkanes) is 1. The molecule has 23 heavy (non-hydrogen) atoms. The summed E-state index contributed by atoms with van der Waals surface area (Å²) in [4.78, 5) is 45.2. The quantitative estimate of drug-likeness (QED) is 0.234. The molecule has 0 unspecified atom stereocenters. The standard InChI is InChI=1S/C13H24N4O6/c1-7(13(22)23)16-12(21)9(4-2-3-5-14)17-11(20)8(15)6-10(18)19/h7-9H,2-6,14-15H2,1H3,(H,16,21)(H,17,20)(H,18,19)(H,22,23)/t7-,8-,9-/m0/s1. The lowest BCUT2D eigenvalue weighted by atomic mass is 10.1. The molecule has 0 saturated heterocycles. The van der Waals surface area contributed by atoms with Crippen molar-refractivity contribution in [2.75, 3.05) is 6.54 Å². The van der Waals surface area contributed by atoms with Gasteiger partial charge in [-0.3, -0.25) is 19.2 Å². The second-order valence-electron chi connectivity index (χ2n) is 5.12. The number of nitrogens with one attached hydrogen (secondary N) is 2. The largest absolute Gasteiger partial charge is 0.481 e. The number of hydrogen-bond acceptors (Lipinski definition) is 6. The molecule has 0 radical (unpaired) electrons. The molecule has 0 aliphatic heterocycles. The molecule has 132 valence electrons. The Labute approximate surface area is 133 Å². The van der Waals surface area contributed by atoms with E-state index in [0.29, 0.717) is 19.4 Å². The number of carbonyl (C=O) groups excluding carboxylic acids is 2. The smallest absolute Gasteiger partial charge is 0.325 e. The molecule has 0 aliphatic rings. The Kier molecular flexibility index (Phi) is 9.51. The van der Waals surface area contributed by atoms with Crippen molar-refractivity contribution in [3.63, 3.8) is 0 Å². The second-order valence-corrected chi connectivity index (χ2v) is 5.12. The lowest BCUT2D eigenvalue weighted by molar-refractivity contribution is -0.142. The molecule has 10 nitrogen and oxygen atoms in total. The normalized spacial score (nSPS) is 14.4. The molecule has 0 aromatic rings. The number of nitrogens with two attached hydrogens (primary N) is 2. The van der Waals surface area contributed by atoms with Crippen molar-refractivity contribution < 1.29 is 29.4 Å². The third-order valence-corrected chi connectivity index (χ3v) is 3.04. The summed E-state index contributed by atoms with van der Waals surface area (Å²) in [5.41, 5.74) is 10.8. The van der Waals surface area contributed by atoms with Gasteiger partial charge in [0.25, 0.3) is 0 Å². The van der Waals surface area contributed by atoms with Gasteiger partial charge in [-0.05, 0) is 32.7 Å². The first-order valence-electron chi connectivity index (χ1n) is 7.20. The number of carboxylic acids is 2. The fourth-order valence-corrected chi connectivity index (χ4v) is 1.70. The average Bonchev–Trinajstić information content (AvgIpc) is 2.45. The van der Waals surface area contributed by atoms with Crippen molar-refractivity contribution in [3.05, 3.63) is 0 Å². The molecular formula is C13H24N4O6. The first-order chi connectivity index (χ1) is 10.7. The molecule has 0 aromatic carbocycles. The van der Waals surface area contributed by atoms with Crippen LogP contribution in [-0.4, -0.2) is 58.6 Å². The van der Waals surface area contributed by atoms with Crippen molar-refractivity contribution in [1.82, 2.24) is 10.6 Å². The third kappa shape index (κ3) is 8.73. The Hall–Kier alpha value is -2.20. The summed E-state index contributed by atoms with van der Waals surface area (Å²) in [6, 6.07) is -3.42. The van der Waals surface area contributed by atoms with E-state index in [1.807, 2.05) is 0 Å².